The van der Waals surface area contributed by atoms with Crippen LogP contribution in [-0.4, -0.2) is 6.10 Å². The van der Waals surface area contributed by atoms with Crippen LogP contribution in [-0.2, 0) is 6.42 Å². The molecule has 1 aliphatic rings. The molecule has 0 N–H and O–H groups in total. The van der Waals surface area contributed by atoms with Crippen LogP contribution >= 0.6 is 0 Å². The van der Waals surface area contributed by atoms with Crippen molar-refractivity contribution in [1.82, 2.24) is 0 Å². The van der Waals surface area contributed by atoms with E-state index in [9.17, 15) is 4.39 Å². The first-order valence-corrected chi connectivity index (χ1v) is 5.21. The fourth-order valence-electron chi connectivity index (χ4n) is 1.48. The number of aryl methyl sites for hydroxylation is 1. The van der Waals surface area contributed by atoms with Crippen molar-refractivity contribution in [2.75, 3.05) is 0 Å². The van der Waals surface area contributed by atoms with E-state index in [4.69, 9.17) is 4.74 Å². The lowest BCUT2D eigenvalue weighted by molar-refractivity contribution is 0.191. The summed E-state index contributed by atoms with van der Waals surface area (Å²) in [7, 11) is 0. The van der Waals surface area contributed by atoms with Gasteiger partial charge >= 0.3 is 0 Å². The minimum atomic E-state index is -0.220. The number of fused-ring (bicyclic) bond motifs is 1. The van der Waals surface area contributed by atoms with E-state index in [1.54, 1.807) is 6.07 Å². The molecule has 1 aromatic rings. The fourth-order valence-corrected chi connectivity index (χ4v) is 1.48. The zero-order valence-corrected chi connectivity index (χ0v) is 9.01. The van der Waals surface area contributed by atoms with Gasteiger partial charge in [-0.1, -0.05) is 19.9 Å². The van der Waals surface area contributed by atoms with Crippen LogP contribution in [0.5, 0.6) is 5.75 Å². The van der Waals surface area contributed by atoms with Gasteiger partial charge in [0.15, 0.2) is 0 Å². The lowest BCUT2D eigenvalue weighted by Gasteiger charge is -2.22. The van der Waals surface area contributed by atoms with Crippen LogP contribution in [0.15, 0.2) is 18.2 Å². The molecule has 0 aliphatic carbocycles. The highest BCUT2D eigenvalue weighted by atomic mass is 19.1. The zero-order valence-electron chi connectivity index (χ0n) is 9.01. The first-order chi connectivity index (χ1) is 6.75. The van der Waals surface area contributed by atoms with Gasteiger partial charge in [0.1, 0.15) is 11.6 Å². The number of hydrogen-bond donors (Lipinski definition) is 0. The largest absolute Gasteiger partial charge is 0.490 e. The molecule has 0 fully saturated rings. The summed E-state index contributed by atoms with van der Waals surface area (Å²) in [6, 6.07) is 4.75. The Morgan fingerprint density at radius 1 is 1.36 bits per heavy atom. The molecule has 0 amide bonds. The van der Waals surface area contributed by atoms with Crippen molar-refractivity contribution in [1.29, 1.82) is 0 Å². The van der Waals surface area contributed by atoms with E-state index in [-0.39, 0.29) is 11.9 Å². The summed E-state index contributed by atoms with van der Waals surface area (Å²) in [5, 5.41) is 0. The van der Waals surface area contributed by atoms with Gasteiger partial charge in [-0.25, -0.2) is 4.39 Å². The Hall–Kier alpha value is -1.05. The summed E-state index contributed by atoms with van der Waals surface area (Å²) in [5.41, 5.74) is 1.12. The monoisotopic (exact) mass is 196 g/mol. The molecule has 0 radical (unpaired) electrons. The van der Waals surface area contributed by atoms with Crippen molar-refractivity contribution in [3.05, 3.63) is 29.6 Å². The molecule has 2 rings (SSSR count). The SMILES string of the molecule is CC.CC1CCc2ccc(F)cc2O1. The van der Waals surface area contributed by atoms with Gasteiger partial charge in [-0.05, 0) is 31.4 Å². The molecular formula is C12H17FO. The summed E-state index contributed by atoms with van der Waals surface area (Å²) in [4.78, 5) is 0. The van der Waals surface area contributed by atoms with Crippen molar-refractivity contribution in [2.45, 2.75) is 39.7 Å². The predicted molar refractivity (Wildman–Crippen MR) is 56.2 cm³/mol. The third-order valence-corrected chi connectivity index (χ3v) is 2.18. The summed E-state index contributed by atoms with van der Waals surface area (Å²) >= 11 is 0. The molecule has 2 heteroatoms. The van der Waals surface area contributed by atoms with E-state index in [1.165, 1.54) is 12.1 Å². The van der Waals surface area contributed by atoms with Crippen molar-refractivity contribution >= 4 is 0 Å². The van der Waals surface area contributed by atoms with Crippen molar-refractivity contribution in [2.24, 2.45) is 0 Å². The first kappa shape index (κ1) is 11.0. The molecule has 1 unspecified atom stereocenters. The highest BCUT2D eigenvalue weighted by molar-refractivity contribution is 5.35. The molecule has 0 bridgehead atoms. The van der Waals surface area contributed by atoms with Gasteiger partial charge in [0.05, 0.1) is 6.10 Å². The van der Waals surface area contributed by atoms with E-state index in [0.717, 1.165) is 18.4 Å². The number of ether oxygens (including phenoxy) is 1. The molecule has 0 aromatic heterocycles. The molecule has 0 spiro atoms. The third kappa shape index (κ3) is 2.47. The van der Waals surface area contributed by atoms with Crippen molar-refractivity contribution in [3.63, 3.8) is 0 Å². The second-order valence-electron chi connectivity index (χ2n) is 3.22. The highest BCUT2D eigenvalue weighted by Gasteiger charge is 2.15. The summed E-state index contributed by atoms with van der Waals surface area (Å²) in [5.74, 6) is 0.497. The average Bonchev–Trinajstić information content (AvgIpc) is 2.20. The van der Waals surface area contributed by atoms with Gasteiger partial charge in [-0.15, -0.1) is 0 Å². The van der Waals surface area contributed by atoms with Crippen LogP contribution in [0.2, 0.25) is 0 Å². The van der Waals surface area contributed by atoms with Crippen molar-refractivity contribution < 1.29 is 9.13 Å². The predicted octanol–water partition coefficient (Wildman–Crippen LogP) is 3.57. The molecule has 1 heterocycles. The fraction of sp³-hybridized carbons (Fsp3) is 0.500. The third-order valence-electron chi connectivity index (χ3n) is 2.18. The Labute approximate surface area is 84.9 Å². The molecular weight excluding hydrogens is 179 g/mol. The molecule has 1 nitrogen and oxygen atoms in total. The van der Waals surface area contributed by atoms with Crippen LogP contribution in [0, 0.1) is 5.82 Å². The second kappa shape index (κ2) is 4.99. The van der Waals surface area contributed by atoms with E-state index in [0.29, 0.717) is 5.75 Å². The van der Waals surface area contributed by atoms with E-state index >= 15 is 0 Å². The summed E-state index contributed by atoms with van der Waals surface area (Å²) < 4.78 is 18.2. The maximum atomic E-state index is 12.7. The van der Waals surface area contributed by atoms with Gasteiger partial charge in [-0.3, -0.25) is 0 Å². The van der Waals surface area contributed by atoms with Crippen LogP contribution < -0.4 is 4.74 Å². The van der Waals surface area contributed by atoms with Crippen LogP contribution in [0.1, 0.15) is 32.8 Å². The molecule has 1 aromatic carbocycles. The lowest BCUT2D eigenvalue weighted by atomic mass is 10.0. The first-order valence-electron chi connectivity index (χ1n) is 5.21. The standard InChI is InChI=1S/C10H11FO.C2H6/c1-7-2-3-8-4-5-9(11)6-10(8)12-7;1-2/h4-7H,2-3H2,1H3;1-2H3. The number of benzene rings is 1. The zero-order chi connectivity index (χ0) is 10.6. The van der Waals surface area contributed by atoms with E-state index in [2.05, 4.69) is 0 Å². The maximum Gasteiger partial charge on any atom is 0.126 e. The Balaban J connectivity index is 0.000000461. The Bertz CT molecular complexity index is 296. The van der Waals surface area contributed by atoms with Gasteiger partial charge in [0.2, 0.25) is 0 Å². The van der Waals surface area contributed by atoms with E-state index < -0.39 is 0 Å². The highest BCUT2D eigenvalue weighted by Crippen LogP contribution is 2.27. The second-order valence-corrected chi connectivity index (χ2v) is 3.22. The minimum Gasteiger partial charge on any atom is -0.490 e. The lowest BCUT2D eigenvalue weighted by Crippen LogP contribution is -2.18. The van der Waals surface area contributed by atoms with Crippen molar-refractivity contribution in [3.8, 4) is 5.75 Å². The number of rotatable bonds is 0. The maximum absolute atomic E-state index is 12.7. The van der Waals surface area contributed by atoms with Crippen LogP contribution in [0.4, 0.5) is 4.39 Å². The molecule has 0 saturated carbocycles. The van der Waals surface area contributed by atoms with E-state index in [1.807, 2.05) is 20.8 Å². The molecule has 1 atom stereocenters. The Morgan fingerprint density at radius 2 is 2.07 bits per heavy atom. The number of hydrogen-bond acceptors (Lipinski definition) is 1. The number of halogens is 1. The van der Waals surface area contributed by atoms with Gasteiger partial charge < -0.3 is 4.74 Å². The van der Waals surface area contributed by atoms with Gasteiger partial charge in [0.25, 0.3) is 0 Å². The Kier molecular flexibility index (Phi) is 3.93. The van der Waals surface area contributed by atoms with Gasteiger partial charge in [0, 0.05) is 6.07 Å². The molecule has 78 valence electrons. The smallest absolute Gasteiger partial charge is 0.126 e. The topological polar surface area (TPSA) is 9.23 Å². The normalized spacial score (nSPS) is 18.7. The quantitative estimate of drug-likeness (QED) is 0.616. The van der Waals surface area contributed by atoms with Crippen LogP contribution in [0.3, 0.4) is 0 Å². The molecule has 1 aliphatic heterocycles. The Morgan fingerprint density at radius 3 is 2.79 bits per heavy atom. The van der Waals surface area contributed by atoms with Gasteiger partial charge in [-0.2, -0.15) is 0 Å². The summed E-state index contributed by atoms with van der Waals surface area (Å²) in [6.45, 7) is 6.01. The van der Waals surface area contributed by atoms with Crippen LogP contribution in [0.25, 0.3) is 0 Å². The minimum absolute atomic E-state index is 0.220. The molecule has 14 heavy (non-hydrogen) atoms. The average molecular weight is 196 g/mol. The molecule has 0 saturated heterocycles. The summed E-state index contributed by atoms with van der Waals surface area (Å²) in [6.07, 6.45) is 2.24.